The van der Waals surface area contributed by atoms with Crippen molar-refractivity contribution in [2.45, 2.75) is 20.0 Å². The Bertz CT molecular complexity index is 1510. The van der Waals surface area contributed by atoms with Crippen molar-refractivity contribution in [3.63, 3.8) is 0 Å². The molecule has 1 amide bonds. The maximum Gasteiger partial charge on any atom is 0.307 e. The van der Waals surface area contributed by atoms with Gasteiger partial charge in [-0.25, -0.2) is 9.82 Å². The molecule has 0 aliphatic heterocycles. The van der Waals surface area contributed by atoms with Crippen molar-refractivity contribution in [2.24, 2.45) is 5.10 Å². The highest BCUT2D eigenvalue weighted by Crippen LogP contribution is 2.34. The fourth-order valence-corrected chi connectivity index (χ4v) is 3.70. The van der Waals surface area contributed by atoms with Crippen LogP contribution in [0.4, 0.5) is 10.1 Å². The largest absolute Gasteiger partial charge is 0.490 e. The van der Waals surface area contributed by atoms with E-state index in [-0.39, 0.29) is 23.9 Å². The fraction of sp³-hybridized carbons (Fsp3) is 0.143. The van der Waals surface area contributed by atoms with Crippen LogP contribution in [0.5, 0.6) is 11.5 Å². The van der Waals surface area contributed by atoms with Gasteiger partial charge in [-0.1, -0.05) is 18.2 Å². The molecule has 0 radical (unpaired) electrons. The SMILES string of the molecule is C=CCc1cc(/C=N/NC(=O)c2cc3cc([N+](=O)[O-])ccc3o2)cc(OCC)c1OCc1ccc(F)cc1. The van der Waals surface area contributed by atoms with Crippen LogP contribution in [0.1, 0.15) is 34.2 Å². The van der Waals surface area contributed by atoms with Gasteiger partial charge in [-0.15, -0.1) is 6.58 Å². The molecule has 0 saturated heterocycles. The van der Waals surface area contributed by atoms with Gasteiger partial charge < -0.3 is 13.9 Å². The Hall–Kier alpha value is -4.99. The van der Waals surface area contributed by atoms with Crippen LogP contribution in [0.2, 0.25) is 0 Å². The predicted molar refractivity (Wildman–Crippen MR) is 140 cm³/mol. The number of fused-ring (bicyclic) bond motifs is 1. The molecule has 4 rings (SSSR count). The molecule has 1 N–H and O–H groups in total. The summed E-state index contributed by atoms with van der Waals surface area (Å²) in [5.41, 5.74) is 4.86. The molecular formula is C28H24FN3O6. The second kappa shape index (κ2) is 11.8. The Morgan fingerprint density at radius 1 is 1.16 bits per heavy atom. The molecule has 0 aliphatic carbocycles. The zero-order chi connectivity index (χ0) is 27.1. The van der Waals surface area contributed by atoms with Crippen LogP contribution in [0.15, 0.2) is 82.8 Å². The molecule has 0 aliphatic rings. The molecule has 0 spiro atoms. The Balaban J connectivity index is 1.51. The lowest BCUT2D eigenvalue weighted by Crippen LogP contribution is -2.16. The van der Waals surface area contributed by atoms with Crippen LogP contribution in [-0.4, -0.2) is 23.7 Å². The first-order chi connectivity index (χ1) is 18.4. The van der Waals surface area contributed by atoms with Gasteiger partial charge in [0.1, 0.15) is 18.0 Å². The number of nitro groups is 1. The Labute approximate surface area is 217 Å². The van der Waals surface area contributed by atoms with Crippen LogP contribution < -0.4 is 14.9 Å². The number of nitrogens with one attached hydrogen (secondary N) is 1. The molecule has 0 atom stereocenters. The summed E-state index contributed by atoms with van der Waals surface area (Å²) in [7, 11) is 0. The molecular weight excluding hydrogens is 493 g/mol. The highest BCUT2D eigenvalue weighted by atomic mass is 19.1. The van der Waals surface area contributed by atoms with E-state index in [1.165, 1.54) is 42.6 Å². The van der Waals surface area contributed by atoms with Crippen LogP contribution in [-0.2, 0) is 13.0 Å². The minimum Gasteiger partial charge on any atom is -0.490 e. The number of furan rings is 1. The van der Waals surface area contributed by atoms with Gasteiger partial charge in [0.05, 0.1) is 17.7 Å². The summed E-state index contributed by atoms with van der Waals surface area (Å²) in [4.78, 5) is 23.0. The summed E-state index contributed by atoms with van der Waals surface area (Å²) < 4.78 is 30.5. The number of carbonyl (C=O) groups excluding carboxylic acids is 1. The molecule has 1 aromatic heterocycles. The van der Waals surface area contributed by atoms with E-state index in [0.717, 1.165) is 11.1 Å². The van der Waals surface area contributed by atoms with Gasteiger partial charge in [0.15, 0.2) is 17.3 Å². The third kappa shape index (κ3) is 6.22. The Kier molecular flexibility index (Phi) is 8.12. The number of allylic oxidation sites excluding steroid dienone is 1. The minimum atomic E-state index is -0.615. The van der Waals surface area contributed by atoms with E-state index in [4.69, 9.17) is 13.9 Å². The van der Waals surface area contributed by atoms with Gasteiger partial charge in [-0.05, 0) is 60.9 Å². The number of benzene rings is 3. The number of hydrogen-bond donors (Lipinski definition) is 1. The Morgan fingerprint density at radius 2 is 1.95 bits per heavy atom. The smallest absolute Gasteiger partial charge is 0.307 e. The van der Waals surface area contributed by atoms with Crippen molar-refractivity contribution in [1.82, 2.24) is 5.43 Å². The maximum atomic E-state index is 13.2. The molecule has 10 heteroatoms. The second-order valence-electron chi connectivity index (χ2n) is 8.14. The first-order valence-electron chi connectivity index (χ1n) is 11.7. The summed E-state index contributed by atoms with van der Waals surface area (Å²) in [6, 6.07) is 15.1. The molecule has 3 aromatic carbocycles. The van der Waals surface area contributed by atoms with E-state index >= 15 is 0 Å². The van der Waals surface area contributed by atoms with Gasteiger partial charge in [-0.2, -0.15) is 5.10 Å². The molecule has 1 heterocycles. The number of carbonyl (C=O) groups is 1. The number of amides is 1. The maximum absolute atomic E-state index is 13.2. The average molecular weight is 518 g/mol. The zero-order valence-electron chi connectivity index (χ0n) is 20.5. The summed E-state index contributed by atoms with van der Waals surface area (Å²) in [5.74, 6) is 0.0469. The van der Waals surface area contributed by atoms with Gasteiger partial charge >= 0.3 is 5.91 Å². The topological polar surface area (TPSA) is 116 Å². The number of non-ortho nitro benzene ring substituents is 1. The predicted octanol–water partition coefficient (Wildman–Crippen LogP) is 5.95. The van der Waals surface area contributed by atoms with E-state index < -0.39 is 10.8 Å². The quantitative estimate of drug-likeness (QED) is 0.114. The number of ether oxygens (including phenoxy) is 2. The zero-order valence-corrected chi connectivity index (χ0v) is 20.5. The molecule has 38 heavy (non-hydrogen) atoms. The lowest BCUT2D eigenvalue weighted by Gasteiger charge is -2.17. The highest BCUT2D eigenvalue weighted by Gasteiger charge is 2.16. The van der Waals surface area contributed by atoms with E-state index in [0.29, 0.717) is 41.1 Å². The fourth-order valence-electron chi connectivity index (χ4n) is 3.70. The van der Waals surface area contributed by atoms with Gasteiger partial charge in [-0.3, -0.25) is 14.9 Å². The van der Waals surface area contributed by atoms with Crippen molar-refractivity contribution in [3.05, 3.63) is 112 Å². The van der Waals surface area contributed by atoms with Crippen molar-refractivity contribution < 1.29 is 28.0 Å². The van der Waals surface area contributed by atoms with Crippen LogP contribution >= 0.6 is 0 Å². The summed E-state index contributed by atoms with van der Waals surface area (Å²) in [5, 5.41) is 15.4. The van der Waals surface area contributed by atoms with E-state index in [9.17, 15) is 19.3 Å². The van der Waals surface area contributed by atoms with E-state index in [2.05, 4.69) is 17.1 Å². The van der Waals surface area contributed by atoms with Crippen LogP contribution in [0, 0.1) is 15.9 Å². The third-order valence-electron chi connectivity index (χ3n) is 5.43. The van der Waals surface area contributed by atoms with Crippen LogP contribution in [0.25, 0.3) is 11.0 Å². The molecule has 194 valence electrons. The van der Waals surface area contributed by atoms with Crippen molar-refractivity contribution >= 4 is 28.8 Å². The summed E-state index contributed by atoms with van der Waals surface area (Å²) in [6.07, 6.45) is 3.66. The number of hydrogen-bond acceptors (Lipinski definition) is 7. The van der Waals surface area contributed by atoms with Gasteiger partial charge in [0.2, 0.25) is 0 Å². The monoisotopic (exact) mass is 517 g/mol. The van der Waals surface area contributed by atoms with Crippen molar-refractivity contribution in [3.8, 4) is 11.5 Å². The highest BCUT2D eigenvalue weighted by molar-refractivity contribution is 5.97. The molecule has 9 nitrogen and oxygen atoms in total. The standard InChI is InChI=1S/C28H24FN3O6/c1-3-5-20-12-19(13-25(36-4-2)27(20)37-17-18-6-8-22(29)9-7-18)16-30-31-28(33)26-15-21-14-23(32(34)35)10-11-24(21)38-26/h3,6-16H,1,4-5,17H2,2H3,(H,31,33)/b30-16+. The van der Waals surface area contributed by atoms with Gasteiger partial charge in [0, 0.05) is 23.1 Å². The van der Waals surface area contributed by atoms with Crippen molar-refractivity contribution in [1.29, 1.82) is 0 Å². The normalized spacial score (nSPS) is 11.0. The lowest BCUT2D eigenvalue weighted by molar-refractivity contribution is -0.384. The number of nitro benzene ring substituents is 1. The number of rotatable bonds is 11. The number of halogens is 1. The molecule has 0 fully saturated rings. The third-order valence-corrected chi connectivity index (χ3v) is 5.43. The number of nitrogens with zero attached hydrogens (tertiary/aromatic N) is 2. The average Bonchev–Trinajstić information content (AvgIpc) is 3.33. The first kappa shape index (κ1) is 26.1. The number of hydrazone groups is 1. The van der Waals surface area contributed by atoms with E-state index in [1.807, 2.05) is 13.0 Å². The molecule has 4 aromatic rings. The summed E-state index contributed by atoms with van der Waals surface area (Å²) in [6.45, 7) is 6.26. The van der Waals surface area contributed by atoms with Crippen LogP contribution in [0.3, 0.4) is 0 Å². The summed E-state index contributed by atoms with van der Waals surface area (Å²) >= 11 is 0. The molecule has 0 unspecified atom stereocenters. The Morgan fingerprint density at radius 3 is 2.66 bits per heavy atom. The first-order valence-corrected chi connectivity index (χ1v) is 11.7. The molecule has 0 saturated carbocycles. The second-order valence-corrected chi connectivity index (χ2v) is 8.14. The lowest BCUT2D eigenvalue weighted by atomic mass is 10.1. The van der Waals surface area contributed by atoms with Gasteiger partial charge in [0.25, 0.3) is 5.69 Å². The minimum absolute atomic E-state index is 0.0375. The molecule has 0 bridgehead atoms. The van der Waals surface area contributed by atoms with E-state index in [1.54, 1.807) is 24.3 Å². The van der Waals surface area contributed by atoms with Crippen molar-refractivity contribution in [2.75, 3.05) is 6.61 Å².